The van der Waals surface area contributed by atoms with Crippen LogP contribution >= 0.6 is 0 Å². The van der Waals surface area contributed by atoms with Crippen LogP contribution in [0, 0.1) is 19.8 Å². The zero-order valence-corrected chi connectivity index (χ0v) is 17.2. The fourth-order valence-corrected chi connectivity index (χ4v) is 3.75. The van der Waals surface area contributed by atoms with Gasteiger partial charge in [-0.15, -0.1) is 5.01 Å². The van der Waals surface area contributed by atoms with Gasteiger partial charge in [0.1, 0.15) is 5.54 Å². The summed E-state index contributed by atoms with van der Waals surface area (Å²) in [7, 11) is 0. The second-order valence-electron chi connectivity index (χ2n) is 7.75. The van der Waals surface area contributed by atoms with E-state index in [1.54, 1.807) is 6.21 Å². The van der Waals surface area contributed by atoms with Crippen LogP contribution in [0.15, 0.2) is 41.5 Å². The summed E-state index contributed by atoms with van der Waals surface area (Å²) in [4.78, 5) is 25.6. The maximum absolute atomic E-state index is 13.1. The highest BCUT2D eigenvalue weighted by molar-refractivity contribution is 6.07. The van der Waals surface area contributed by atoms with Crippen molar-refractivity contribution < 1.29 is 9.59 Å². The Labute approximate surface area is 166 Å². The van der Waals surface area contributed by atoms with Crippen LogP contribution in [0.2, 0.25) is 0 Å². The molecule has 1 atom stereocenters. The molecule has 1 N–H and O–H groups in total. The van der Waals surface area contributed by atoms with Crippen LogP contribution in [-0.2, 0) is 16.9 Å². The van der Waals surface area contributed by atoms with Gasteiger partial charge in [0.25, 0.3) is 5.91 Å². The normalized spacial score (nSPS) is 19.9. The molecule has 2 aromatic rings. The summed E-state index contributed by atoms with van der Waals surface area (Å²) in [6.07, 6.45) is 2.06. The van der Waals surface area contributed by atoms with Crippen LogP contribution < -0.4 is 5.32 Å². The van der Waals surface area contributed by atoms with Crippen molar-refractivity contribution in [1.29, 1.82) is 0 Å². The van der Waals surface area contributed by atoms with Gasteiger partial charge in [0.05, 0.1) is 6.21 Å². The van der Waals surface area contributed by atoms with E-state index in [2.05, 4.69) is 35.8 Å². The molecule has 3 rings (SSSR count). The number of hydrazone groups is 1. The molecular formula is C22H28N4O2. The first-order valence-corrected chi connectivity index (χ1v) is 9.73. The van der Waals surface area contributed by atoms with Gasteiger partial charge in [-0.1, -0.05) is 51.1 Å². The van der Waals surface area contributed by atoms with E-state index in [9.17, 15) is 9.59 Å². The van der Waals surface area contributed by atoms with Crippen LogP contribution in [0.3, 0.4) is 0 Å². The van der Waals surface area contributed by atoms with Gasteiger partial charge < -0.3 is 9.88 Å². The van der Waals surface area contributed by atoms with Gasteiger partial charge >= 0.3 is 6.03 Å². The van der Waals surface area contributed by atoms with Gasteiger partial charge in [-0.25, -0.2) is 4.79 Å². The molecule has 1 fully saturated rings. The predicted octanol–water partition coefficient (Wildman–Crippen LogP) is 3.95. The van der Waals surface area contributed by atoms with Gasteiger partial charge in [0.15, 0.2) is 0 Å². The number of nitrogens with zero attached hydrogens (tertiary/aromatic N) is 3. The fraction of sp³-hybridized carbons (Fsp3) is 0.409. The average molecular weight is 380 g/mol. The number of hydrogen-bond acceptors (Lipinski definition) is 3. The quantitative estimate of drug-likeness (QED) is 0.609. The lowest BCUT2D eigenvalue weighted by Crippen LogP contribution is -2.43. The van der Waals surface area contributed by atoms with Crippen molar-refractivity contribution in [3.05, 3.63) is 58.9 Å². The maximum atomic E-state index is 13.1. The van der Waals surface area contributed by atoms with Gasteiger partial charge in [-0.05, 0) is 37.8 Å². The zero-order chi connectivity index (χ0) is 20.5. The molecule has 1 aliphatic heterocycles. The minimum atomic E-state index is -1.07. The van der Waals surface area contributed by atoms with Crippen LogP contribution in [0.25, 0.3) is 0 Å². The Hall–Kier alpha value is -2.89. The topological polar surface area (TPSA) is 66.7 Å². The standard InChI is InChI=1S/C22H28N4O2/c1-6-22(19-10-8-7-9-11-19)20(27)26(21(28)24-22)23-13-18-12-16(4)25(17(18)5)14-15(2)3/h7-13,15H,6,14H2,1-5H3,(H,24,28)/b23-13-/t22-/m1/s1. The molecule has 0 unspecified atom stereocenters. The van der Waals surface area contributed by atoms with Crippen molar-refractivity contribution in [3.8, 4) is 0 Å². The number of imide groups is 1. The molecule has 148 valence electrons. The summed E-state index contributed by atoms with van der Waals surface area (Å²) < 4.78 is 2.23. The number of benzene rings is 1. The number of aryl methyl sites for hydroxylation is 1. The lowest BCUT2D eigenvalue weighted by molar-refractivity contribution is -0.131. The summed E-state index contributed by atoms with van der Waals surface area (Å²) in [6.45, 7) is 11.2. The molecule has 1 aromatic heterocycles. The third kappa shape index (κ3) is 3.35. The van der Waals surface area contributed by atoms with E-state index >= 15 is 0 Å². The summed E-state index contributed by atoms with van der Waals surface area (Å²) in [5, 5.41) is 8.05. The van der Waals surface area contributed by atoms with Gasteiger partial charge in [0, 0.05) is 23.5 Å². The Bertz CT molecular complexity index is 914. The summed E-state index contributed by atoms with van der Waals surface area (Å²) in [5.74, 6) is 0.176. The molecule has 1 aliphatic rings. The van der Waals surface area contributed by atoms with E-state index in [1.165, 1.54) is 0 Å². The Kier molecular flexibility index (Phi) is 5.40. The minimum Gasteiger partial charge on any atom is -0.348 e. The van der Waals surface area contributed by atoms with Crippen LogP contribution in [0.5, 0.6) is 0 Å². The first-order chi connectivity index (χ1) is 13.3. The van der Waals surface area contributed by atoms with Crippen molar-refractivity contribution in [3.63, 3.8) is 0 Å². The summed E-state index contributed by atoms with van der Waals surface area (Å²) in [5.41, 5.74) is 2.82. The average Bonchev–Trinajstić information content (AvgIpc) is 3.08. The van der Waals surface area contributed by atoms with E-state index in [0.717, 1.165) is 34.1 Å². The van der Waals surface area contributed by atoms with Crippen LogP contribution in [-0.4, -0.2) is 27.7 Å². The van der Waals surface area contributed by atoms with Crippen LogP contribution in [0.1, 0.15) is 49.7 Å². The van der Waals surface area contributed by atoms with Gasteiger partial charge in [0.2, 0.25) is 0 Å². The predicted molar refractivity (Wildman–Crippen MR) is 110 cm³/mol. The highest BCUT2D eigenvalue weighted by Gasteiger charge is 2.51. The Morgan fingerprint density at radius 3 is 2.46 bits per heavy atom. The number of urea groups is 1. The third-order valence-electron chi connectivity index (χ3n) is 5.34. The SMILES string of the molecule is CC[C@]1(c2ccccc2)NC(=O)N(/N=C\c2cc(C)n(CC(C)C)c2C)C1=O. The largest absolute Gasteiger partial charge is 0.348 e. The van der Waals surface area contributed by atoms with E-state index in [4.69, 9.17) is 0 Å². The van der Waals surface area contributed by atoms with Gasteiger partial charge in [-0.2, -0.15) is 5.10 Å². The number of carbonyl (C=O) groups is 2. The number of hydrogen-bond donors (Lipinski definition) is 1. The highest BCUT2D eigenvalue weighted by Crippen LogP contribution is 2.32. The Morgan fingerprint density at radius 1 is 1.18 bits per heavy atom. The van der Waals surface area contributed by atoms with Crippen LogP contribution in [0.4, 0.5) is 4.79 Å². The lowest BCUT2D eigenvalue weighted by Gasteiger charge is -2.24. The minimum absolute atomic E-state index is 0.349. The monoisotopic (exact) mass is 380 g/mol. The van der Waals surface area contributed by atoms with Gasteiger partial charge in [-0.3, -0.25) is 4.79 Å². The van der Waals surface area contributed by atoms with E-state index in [-0.39, 0.29) is 5.91 Å². The highest BCUT2D eigenvalue weighted by atomic mass is 16.2. The third-order valence-corrected chi connectivity index (χ3v) is 5.34. The molecule has 0 bridgehead atoms. The smallest absolute Gasteiger partial charge is 0.346 e. The molecule has 0 aliphatic carbocycles. The number of rotatable bonds is 6. The Balaban J connectivity index is 1.89. The lowest BCUT2D eigenvalue weighted by atomic mass is 9.87. The summed E-state index contributed by atoms with van der Waals surface area (Å²) in [6, 6.07) is 10.9. The van der Waals surface area contributed by atoms with E-state index in [1.807, 2.05) is 50.2 Å². The molecule has 6 nitrogen and oxygen atoms in total. The molecule has 28 heavy (non-hydrogen) atoms. The van der Waals surface area contributed by atoms with Crippen molar-refractivity contribution >= 4 is 18.2 Å². The first-order valence-electron chi connectivity index (χ1n) is 9.73. The van der Waals surface area contributed by atoms with Crippen molar-refractivity contribution in [2.24, 2.45) is 11.0 Å². The molecule has 0 spiro atoms. The molecule has 3 amide bonds. The fourth-order valence-electron chi connectivity index (χ4n) is 3.75. The number of amides is 3. The molecule has 1 aromatic carbocycles. The second-order valence-corrected chi connectivity index (χ2v) is 7.75. The zero-order valence-electron chi connectivity index (χ0n) is 17.2. The number of carbonyl (C=O) groups excluding carboxylic acids is 2. The van der Waals surface area contributed by atoms with Crippen molar-refractivity contribution in [2.75, 3.05) is 0 Å². The van der Waals surface area contributed by atoms with Crippen molar-refractivity contribution in [1.82, 2.24) is 14.9 Å². The van der Waals surface area contributed by atoms with E-state index < -0.39 is 11.6 Å². The van der Waals surface area contributed by atoms with E-state index in [0.29, 0.717) is 12.3 Å². The number of nitrogens with one attached hydrogen (secondary N) is 1. The molecule has 0 radical (unpaired) electrons. The molecule has 1 saturated heterocycles. The summed E-state index contributed by atoms with van der Waals surface area (Å²) >= 11 is 0. The maximum Gasteiger partial charge on any atom is 0.346 e. The number of aromatic nitrogens is 1. The second kappa shape index (κ2) is 7.62. The molecular weight excluding hydrogens is 352 g/mol. The van der Waals surface area contributed by atoms with Crippen molar-refractivity contribution in [2.45, 2.75) is 53.1 Å². The first kappa shape index (κ1) is 19.9. The Morgan fingerprint density at radius 2 is 1.86 bits per heavy atom. The molecule has 6 heteroatoms. The molecule has 2 heterocycles. The molecule has 0 saturated carbocycles.